The number of hydrogen-bond acceptors (Lipinski definition) is 5. The molecule has 1 fully saturated rings. The minimum atomic E-state index is -0.744. The van der Waals surface area contributed by atoms with Crippen LogP contribution >= 0.6 is 12.4 Å². The number of hydrogen-bond donors (Lipinski definition) is 2. The van der Waals surface area contributed by atoms with Crippen LogP contribution in [0.1, 0.15) is 38.8 Å². The van der Waals surface area contributed by atoms with E-state index in [1.54, 1.807) is 25.3 Å². The van der Waals surface area contributed by atoms with Gasteiger partial charge in [0.2, 0.25) is 5.91 Å². The fourth-order valence-electron chi connectivity index (χ4n) is 3.15. The molecule has 24 heavy (non-hydrogen) atoms. The van der Waals surface area contributed by atoms with Crippen molar-refractivity contribution in [2.45, 2.75) is 39.3 Å². The van der Waals surface area contributed by atoms with Crippen LogP contribution in [0.5, 0.6) is 0 Å². The molecule has 1 aromatic rings. The van der Waals surface area contributed by atoms with E-state index in [2.05, 4.69) is 29.0 Å². The summed E-state index contributed by atoms with van der Waals surface area (Å²) in [5, 5.41) is 2.76. The molecule has 3 rings (SSSR count). The van der Waals surface area contributed by atoms with Crippen molar-refractivity contribution >= 4 is 29.9 Å². The molecule has 7 heteroatoms. The van der Waals surface area contributed by atoms with E-state index < -0.39 is 12.1 Å². The zero-order chi connectivity index (χ0) is 16.8. The van der Waals surface area contributed by atoms with E-state index in [4.69, 9.17) is 5.73 Å². The number of nitrogens with zero attached hydrogens (tertiary/aromatic N) is 2. The predicted octanol–water partition coefficient (Wildman–Crippen LogP) is 1.71. The number of anilines is 1. The second-order valence-electron chi connectivity index (χ2n) is 6.86. The Kier molecular flexibility index (Phi) is 5.01. The third-order valence-electron chi connectivity index (χ3n) is 4.59. The zero-order valence-electron chi connectivity index (χ0n) is 14.1. The fourth-order valence-corrected chi connectivity index (χ4v) is 3.15. The average molecular weight is 351 g/mol. The van der Waals surface area contributed by atoms with Crippen LogP contribution in [-0.2, 0) is 9.59 Å². The van der Waals surface area contributed by atoms with Gasteiger partial charge in [-0.05, 0) is 19.4 Å². The first kappa shape index (κ1) is 18.4. The van der Waals surface area contributed by atoms with Gasteiger partial charge < -0.3 is 16.0 Å². The van der Waals surface area contributed by atoms with E-state index in [1.807, 2.05) is 6.07 Å². The summed E-state index contributed by atoms with van der Waals surface area (Å²) in [6.07, 6.45) is 4.32. The monoisotopic (exact) mass is 350 g/mol. The maximum absolute atomic E-state index is 12.8. The summed E-state index contributed by atoms with van der Waals surface area (Å²) >= 11 is 0. The highest BCUT2D eigenvalue weighted by molar-refractivity contribution is 6.01. The summed E-state index contributed by atoms with van der Waals surface area (Å²) in [7, 11) is 0. The predicted molar refractivity (Wildman–Crippen MR) is 94.9 cm³/mol. The lowest BCUT2D eigenvalue weighted by molar-refractivity contribution is -0.126. The summed E-state index contributed by atoms with van der Waals surface area (Å²) in [5.74, 6) is 0.253. The summed E-state index contributed by atoms with van der Waals surface area (Å²) in [5.41, 5.74) is 7.21. The Bertz CT molecular complexity index is 700. The Hall–Kier alpha value is -1.92. The van der Waals surface area contributed by atoms with Crippen molar-refractivity contribution in [1.29, 1.82) is 0 Å². The molecule has 0 bridgehead atoms. The molecule has 3 N–H and O–H groups in total. The molecule has 2 aliphatic rings. The second-order valence-corrected chi connectivity index (χ2v) is 6.86. The van der Waals surface area contributed by atoms with Crippen LogP contribution in [-0.4, -0.2) is 29.3 Å². The van der Waals surface area contributed by atoms with Crippen LogP contribution in [0, 0.1) is 5.41 Å². The Morgan fingerprint density at radius 3 is 2.88 bits per heavy atom. The first-order valence-corrected chi connectivity index (χ1v) is 7.86. The number of amides is 1. The maximum Gasteiger partial charge on any atom is 0.237 e. The van der Waals surface area contributed by atoms with E-state index >= 15 is 0 Å². The van der Waals surface area contributed by atoms with Crippen LogP contribution < -0.4 is 16.0 Å². The zero-order valence-corrected chi connectivity index (χ0v) is 14.9. The number of aromatic nitrogens is 1. The molecule has 1 saturated heterocycles. The second kappa shape index (κ2) is 6.53. The Labute approximate surface area is 147 Å². The van der Waals surface area contributed by atoms with Crippen molar-refractivity contribution in [3.8, 4) is 0 Å². The lowest BCUT2D eigenvalue weighted by Gasteiger charge is -2.25. The summed E-state index contributed by atoms with van der Waals surface area (Å²) in [6, 6.07) is 2.21. The van der Waals surface area contributed by atoms with Gasteiger partial charge in [0, 0.05) is 35.5 Å². The number of rotatable bonds is 2. The molecule has 1 aromatic heterocycles. The number of carbonyl (C=O) groups is 2. The van der Waals surface area contributed by atoms with Gasteiger partial charge >= 0.3 is 0 Å². The number of ketones is 1. The van der Waals surface area contributed by atoms with Crippen molar-refractivity contribution in [3.05, 3.63) is 35.7 Å². The van der Waals surface area contributed by atoms with Gasteiger partial charge in [-0.25, -0.2) is 4.98 Å². The SMILES string of the molecule is C[C@H](N)C(=O)NC1C(=O)C=C2N(CCC2(C)C)c2ncccc21.Cl. The number of fused-ring (bicyclic) bond motifs is 3. The van der Waals surface area contributed by atoms with Crippen LogP contribution in [0.15, 0.2) is 30.1 Å². The minimum Gasteiger partial charge on any atom is -0.340 e. The molecule has 0 saturated carbocycles. The van der Waals surface area contributed by atoms with Gasteiger partial charge in [-0.15, -0.1) is 12.4 Å². The number of nitrogens with one attached hydrogen (secondary N) is 1. The Balaban J connectivity index is 0.00000208. The van der Waals surface area contributed by atoms with E-state index in [1.165, 1.54) is 0 Å². The van der Waals surface area contributed by atoms with E-state index in [9.17, 15) is 9.59 Å². The van der Waals surface area contributed by atoms with Gasteiger partial charge in [-0.1, -0.05) is 19.9 Å². The molecule has 3 heterocycles. The highest BCUT2D eigenvalue weighted by Gasteiger charge is 2.41. The normalized spacial score (nSPS) is 22.5. The van der Waals surface area contributed by atoms with Crippen molar-refractivity contribution < 1.29 is 9.59 Å². The van der Waals surface area contributed by atoms with Gasteiger partial charge in [0.1, 0.15) is 11.9 Å². The molecule has 1 amide bonds. The van der Waals surface area contributed by atoms with Crippen LogP contribution in [0.2, 0.25) is 0 Å². The first-order valence-electron chi connectivity index (χ1n) is 7.86. The van der Waals surface area contributed by atoms with Crippen molar-refractivity contribution in [3.63, 3.8) is 0 Å². The number of allylic oxidation sites excluding steroid dienone is 1. The van der Waals surface area contributed by atoms with Crippen LogP contribution in [0.3, 0.4) is 0 Å². The smallest absolute Gasteiger partial charge is 0.237 e. The van der Waals surface area contributed by atoms with E-state index in [0.717, 1.165) is 30.0 Å². The van der Waals surface area contributed by atoms with E-state index in [-0.39, 0.29) is 29.5 Å². The Morgan fingerprint density at radius 2 is 2.21 bits per heavy atom. The standard InChI is InChI=1S/C17H22N4O2.ClH/c1-10(18)16(23)20-14-11-5-4-7-19-15(11)21-8-6-17(2,3)13(21)9-12(14)22;/h4-5,7,9-10,14H,6,8,18H2,1-3H3,(H,20,23);1H/t10-,14?;/m0./s1. The molecule has 0 radical (unpaired) electrons. The molecule has 0 aromatic carbocycles. The minimum absolute atomic E-state index is 0. The molecule has 130 valence electrons. The van der Waals surface area contributed by atoms with Crippen molar-refractivity contribution in [2.75, 3.05) is 11.4 Å². The Morgan fingerprint density at radius 1 is 1.50 bits per heavy atom. The summed E-state index contributed by atoms with van der Waals surface area (Å²) < 4.78 is 0. The van der Waals surface area contributed by atoms with Crippen molar-refractivity contribution in [2.24, 2.45) is 11.1 Å². The van der Waals surface area contributed by atoms with Gasteiger partial charge in [-0.2, -0.15) is 0 Å². The molecule has 2 aliphatic heterocycles. The number of halogens is 1. The molecule has 0 aliphatic carbocycles. The molecule has 0 spiro atoms. The third-order valence-corrected chi connectivity index (χ3v) is 4.59. The van der Waals surface area contributed by atoms with Crippen LogP contribution in [0.25, 0.3) is 0 Å². The van der Waals surface area contributed by atoms with Gasteiger partial charge in [0.05, 0.1) is 6.04 Å². The molecule has 1 unspecified atom stereocenters. The van der Waals surface area contributed by atoms with E-state index in [0.29, 0.717) is 0 Å². The molecular weight excluding hydrogens is 328 g/mol. The topological polar surface area (TPSA) is 88.3 Å². The van der Waals surface area contributed by atoms with Crippen molar-refractivity contribution in [1.82, 2.24) is 10.3 Å². The lowest BCUT2D eigenvalue weighted by atomic mass is 9.88. The maximum atomic E-state index is 12.8. The van der Waals surface area contributed by atoms with Gasteiger partial charge in [0.25, 0.3) is 0 Å². The van der Waals surface area contributed by atoms with Gasteiger partial charge in [0.15, 0.2) is 5.78 Å². The van der Waals surface area contributed by atoms with Crippen LogP contribution in [0.4, 0.5) is 5.82 Å². The first-order chi connectivity index (χ1) is 10.8. The molecule has 2 atom stereocenters. The lowest BCUT2D eigenvalue weighted by Crippen LogP contribution is -2.42. The summed E-state index contributed by atoms with van der Waals surface area (Å²) in [4.78, 5) is 31.4. The highest BCUT2D eigenvalue weighted by atomic mass is 35.5. The number of nitrogens with two attached hydrogens (primary N) is 1. The highest BCUT2D eigenvalue weighted by Crippen LogP contribution is 2.45. The largest absolute Gasteiger partial charge is 0.340 e. The fraction of sp³-hybridized carbons (Fsp3) is 0.471. The average Bonchev–Trinajstić information content (AvgIpc) is 2.72. The summed E-state index contributed by atoms with van der Waals surface area (Å²) in [6.45, 7) is 6.65. The molecule has 6 nitrogen and oxygen atoms in total. The number of carbonyl (C=O) groups excluding carboxylic acids is 2. The quantitative estimate of drug-likeness (QED) is 0.847. The van der Waals surface area contributed by atoms with Gasteiger partial charge in [-0.3, -0.25) is 9.59 Å². The number of pyridine rings is 1. The third kappa shape index (κ3) is 3.03. The molecular formula is C17H23ClN4O2.